The lowest BCUT2D eigenvalue weighted by Crippen LogP contribution is -2.55. The summed E-state index contributed by atoms with van der Waals surface area (Å²) in [5, 5.41) is 21.8. The van der Waals surface area contributed by atoms with E-state index in [1.807, 2.05) is 20.8 Å². The molecular formula is C30H44N2O9. The highest BCUT2D eigenvalue weighted by Crippen LogP contribution is 2.34. The van der Waals surface area contributed by atoms with Crippen molar-refractivity contribution in [1.82, 2.24) is 10.2 Å². The van der Waals surface area contributed by atoms with Crippen LogP contribution in [0, 0.1) is 11.8 Å². The average molecular weight is 577 g/mol. The molecule has 11 nitrogen and oxygen atoms in total. The van der Waals surface area contributed by atoms with Crippen molar-refractivity contribution in [3.63, 3.8) is 0 Å². The SMILES string of the molecule is COC(=O)[C@@H]1C[C@@H](OCCCO)CN1C(=O)[C@@H](NC(=O)Cc1cccc(O)c1)C1CCC(C(=O)OC(C)(C)C)CC1. The van der Waals surface area contributed by atoms with Crippen molar-refractivity contribution in [3.05, 3.63) is 29.8 Å². The number of hydrogen-bond donors (Lipinski definition) is 3. The summed E-state index contributed by atoms with van der Waals surface area (Å²) in [6, 6.07) is 4.56. The fourth-order valence-corrected chi connectivity index (χ4v) is 5.55. The molecule has 3 rings (SSSR count). The second kappa shape index (κ2) is 14.6. The van der Waals surface area contributed by atoms with Crippen molar-refractivity contribution in [3.8, 4) is 5.75 Å². The summed E-state index contributed by atoms with van der Waals surface area (Å²) in [6.07, 6.45) is 2.28. The average Bonchev–Trinajstić information content (AvgIpc) is 3.34. The summed E-state index contributed by atoms with van der Waals surface area (Å²) < 4.78 is 16.3. The Morgan fingerprint density at radius 3 is 2.41 bits per heavy atom. The van der Waals surface area contributed by atoms with Crippen molar-refractivity contribution in [2.45, 2.75) is 89.5 Å². The maximum absolute atomic E-state index is 14.1. The molecule has 0 unspecified atom stereocenters. The molecule has 1 saturated heterocycles. The Labute approximate surface area is 241 Å². The number of benzene rings is 1. The summed E-state index contributed by atoms with van der Waals surface area (Å²) in [6.45, 7) is 5.87. The molecule has 2 fully saturated rings. The van der Waals surface area contributed by atoms with Gasteiger partial charge in [0.25, 0.3) is 0 Å². The Hall–Kier alpha value is -3.18. The Bertz CT molecular complexity index is 1060. The molecule has 41 heavy (non-hydrogen) atoms. The molecule has 1 aliphatic heterocycles. The van der Waals surface area contributed by atoms with Crippen molar-refractivity contribution < 1.29 is 43.6 Å². The standard InChI is InChI=1S/C30H44N2O9/c1-30(2,3)41-28(37)21-11-9-20(10-12-21)26(31-25(35)16-19-7-5-8-22(34)15-19)27(36)32-18-23(40-14-6-13-33)17-24(32)29(38)39-4/h5,7-8,15,20-21,23-24,26,33-34H,6,9-14,16-18H2,1-4H3,(H,31,35)/t20?,21?,23-,24+,26+/m1/s1. The van der Waals surface area contributed by atoms with E-state index in [0.29, 0.717) is 37.7 Å². The third-order valence-electron chi connectivity index (χ3n) is 7.52. The number of amides is 2. The summed E-state index contributed by atoms with van der Waals surface area (Å²) in [5.41, 5.74) is -0.00550. The van der Waals surface area contributed by atoms with E-state index in [1.54, 1.807) is 12.1 Å². The summed E-state index contributed by atoms with van der Waals surface area (Å²) >= 11 is 0. The fourth-order valence-electron chi connectivity index (χ4n) is 5.55. The maximum Gasteiger partial charge on any atom is 0.328 e. The topological polar surface area (TPSA) is 152 Å². The number of likely N-dealkylation sites (tertiary alicyclic amines) is 1. The van der Waals surface area contributed by atoms with Crippen molar-refractivity contribution in [1.29, 1.82) is 0 Å². The molecule has 11 heteroatoms. The zero-order chi connectivity index (χ0) is 30.2. The van der Waals surface area contributed by atoms with Crippen molar-refractivity contribution in [2.24, 2.45) is 11.8 Å². The van der Waals surface area contributed by atoms with Gasteiger partial charge in [0.15, 0.2) is 0 Å². The van der Waals surface area contributed by atoms with E-state index in [9.17, 15) is 24.3 Å². The van der Waals surface area contributed by atoms with Crippen LogP contribution in [0.2, 0.25) is 0 Å². The minimum absolute atomic E-state index is 0.0327. The molecular weight excluding hydrogens is 532 g/mol. The second-order valence-corrected chi connectivity index (χ2v) is 11.9. The molecule has 3 N–H and O–H groups in total. The third-order valence-corrected chi connectivity index (χ3v) is 7.52. The van der Waals surface area contributed by atoms with Crippen LogP contribution in [-0.2, 0) is 39.8 Å². The Kier molecular flexibility index (Phi) is 11.5. The van der Waals surface area contributed by atoms with Crippen LogP contribution in [0.4, 0.5) is 0 Å². The minimum Gasteiger partial charge on any atom is -0.508 e. The first-order valence-electron chi connectivity index (χ1n) is 14.3. The number of phenols is 1. The molecule has 228 valence electrons. The van der Waals surface area contributed by atoms with Crippen LogP contribution in [0.3, 0.4) is 0 Å². The number of hydrogen-bond acceptors (Lipinski definition) is 9. The van der Waals surface area contributed by atoms with Gasteiger partial charge < -0.3 is 34.6 Å². The number of ether oxygens (including phenoxy) is 3. The number of nitrogens with one attached hydrogen (secondary N) is 1. The zero-order valence-corrected chi connectivity index (χ0v) is 24.5. The summed E-state index contributed by atoms with van der Waals surface area (Å²) in [4.78, 5) is 54.0. The van der Waals surface area contributed by atoms with Crippen LogP contribution in [0.1, 0.15) is 64.9 Å². The van der Waals surface area contributed by atoms with E-state index in [1.165, 1.54) is 24.1 Å². The number of esters is 2. The molecule has 1 aromatic carbocycles. The number of aliphatic hydroxyl groups is 1. The number of nitrogens with zero attached hydrogens (tertiary/aromatic N) is 1. The monoisotopic (exact) mass is 576 g/mol. The van der Waals surface area contributed by atoms with E-state index >= 15 is 0 Å². The number of phenolic OH excluding ortho intramolecular Hbond substituents is 1. The fraction of sp³-hybridized carbons (Fsp3) is 0.667. The van der Waals surface area contributed by atoms with Gasteiger partial charge in [-0.15, -0.1) is 0 Å². The first kappa shape index (κ1) is 32.3. The lowest BCUT2D eigenvalue weighted by atomic mass is 9.78. The third kappa shape index (κ3) is 9.43. The number of carbonyl (C=O) groups is 4. The zero-order valence-electron chi connectivity index (χ0n) is 24.5. The first-order chi connectivity index (χ1) is 19.4. The van der Waals surface area contributed by atoms with Crippen LogP contribution in [0.5, 0.6) is 5.75 Å². The van der Waals surface area contributed by atoms with Gasteiger partial charge in [0.05, 0.1) is 25.6 Å². The van der Waals surface area contributed by atoms with Gasteiger partial charge in [-0.25, -0.2) is 4.79 Å². The number of carbonyl (C=O) groups excluding carboxylic acids is 4. The van der Waals surface area contributed by atoms with Gasteiger partial charge >= 0.3 is 11.9 Å². The van der Waals surface area contributed by atoms with E-state index in [2.05, 4.69) is 5.32 Å². The number of aromatic hydroxyl groups is 1. The van der Waals surface area contributed by atoms with Crippen LogP contribution >= 0.6 is 0 Å². The molecule has 1 heterocycles. The lowest BCUT2D eigenvalue weighted by Gasteiger charge is -2.36. The molecule has 0 aromatic heterocycles. The summed E-state index contributed by atoms with van der Waals surface area (Å²) in [7, 11) is 1.26. The predicted molar refractivity (Wildman–Crippen MR) is 149 cm³/mol. The molecule has 1 aliphatic carbocycles. The van der Waals surface area contributed by atoms with Crippen molar-refractivity contribution >= 4 is 23.8 Å². The first-order valence-corrected chi connectivity index (χ1v) is 14.3. The normalized spacial score (nSPS) is 23.5. The van der Waals surface area contributed by atoms with Gasteiger partial charge in [0, 0.05) is 26.2 Å². The number of rotatable bonds is 11. The molecule has 0 spiro atoms. The Balaban J connectivity index is 1.78. The maximum atomic E-state index is 14.1. The lowest BCUT2D eigenvalue weighted by molar-refractivity contribution is -0.161. The molecule has 0 radical (unpaired) electrons. The van der Waals surface area contributed by atoms with E-state index in [4.69, 9.17) is 19.3 Å². The molecule has 1 aromatic rings. The smallest absolute Gasteiger partial charge is 0.328 e. The van der Waals surface area contributed by atoms with Gasteiger partial charge in [-0.05, 0) is 76.5 Å². The Morgan fingerprint density at radius 1 is 1.10 bits per heavy atom. The van der Waals surface area contributed by atoms with E-state index in [-0.39, 0.29) is 56.2 Å². The van der Waals surface area contributed by atoms with Crippen LogP contribution < -0.4 is 5.32 Å². The van der Waals surface area contributed by atoms with Gasteiger partial charge in [-0.1, -0.05) is 12.1 Å². The number of aliphatic hydroxyl groups excluding tert-OH is 1. The highest BCUT2D eigenvalue weighted by Gasteiger charge is 2.45. The van der Waals surface area contributed by atoms with Crippen LogP contribution in [0.25, 0.3) is 0 Å². The van der Waals surface area contributed by atoms with Gasteiger partial charge in [-0.2, -0.15) is 0 Å². The van der Waals surface area contributed by atoms with Crippen LogP contribution in [0.15, 0.2) is 24.3 Å². The van der Waals surface area contributed by atoms with Crippen molar-refractivity contribution in [2.75, 3.05) is 26.9 Å². The largest absolute Gasteiger partial charge is 0.508 e. The Morgan fingerprint density at radius 2 is 1.80 bits per heavy atom. The predicted octanol–water partition coefficient (Wildman–Crippen LogP) is 2.11. The molecule has 2 amide bonds. The second-order valence-electron chi connectivity index (χ2n) is 11.9. The quantitative estimate of drug-likeness (QED) is 0.266. The highest BCUT2D eigenvalue weighted by atomic mass is 16.6. The number of methoxy groups -OCH3 is 1. The van der Waals surface area contributed by atoms with Crippen LogP contribution in [-0.4, -0.2) is 89.5 Å². The highest BCUT2D eigenvalue weighted by molar-refractivity contribution is 5.92. The van der Waals surface area contributed by atoms with E-state index in [0.717, 1.165) is 0 Å². The van der Waals surface area contributed by atoms with Gasteiger partial charge in [0.2, 0.25) is 11.8 Å². The van der Waals surface area contributed by atoms with Gasteiger partial charge in [-0.3, -0.25) is 14.4 Å². The molecule has 1 saturated carbocycles. The molecule has 0 bridgehead atoms. The molecule has 3 atom stereocenters. The van der Waals surface area contributed by atoms with E-state index < -0.39 is 41.6 Å². The van der Waals surface area contributed by atoms with Gasteiger partial charge in [0.1, 0.15) is 23.4 Å². The minimum atomic E-state index is -0.928. The summed E-state index contributed by atoms with van der Waals surface area (Å²) in [5.74, 6) is -2.14. The molecule has 2 aliphatic rings.